The summed E-state index contributed by atoms with van der Waals surface area (Å²) in [4.78, 5) is 7.65. The number of aromatic nitrogens is 2. The second-order valence-corrected chi connectivity index (χ2v) is 5.20. The SMILES string of the molecule is CC/C(=N\Nc1nc2ccccc2[nH]1)c1ccc(OC)c(OC)c1. The van der Waals surface area contributed by atoms with Crippen LogP contribution in [0.2, 0.25) is 0 Å². The number of ether oxygens (including phenoxy) is 2. The van der Waals surface area contributed by atoms with Crippen LogP contribution in [0.4, 0.5) is 5.95 Å². The van der Waals surface area contributed by atoms with Crippen LogP contribution in [-0.4, -0.2) is 29.9 Å². The van der Waals surface area contributed by atoms with Gasteiger partial charge in [-0.15, -0.1) is 0 Å². The summed E-state index contributed by atoms with van der Waals surface area (Å²) in [7, 11) is 3.24. The molecule has 0 bridgehead atoms. The first-order valence-electron chi connectivity index (χ1n) is 7.75. The molecule has 2 aromatic carbocycles. The van der Waals surface area contributed by atoms with Gasteiger partial charge in [0.2, 0.25) is 5.95 Å². The smallest absolute Gasteiger partial charge is 0.222 e. The predicted octanol–water partition coefficient (Wildman–Crippen LogP) is 3.81. The van der Waals surface area contributed by atoms with Crippen molar-refractivity contribution < 1.29 is 9.47 Å². The zero-order valence-electron chi connectivity index (χ0n) is 14.0. The quantitative estimate of drug-likeness (QED) is 0.534. The van der Waals surface area contributed by atoms with Crippen LogP contribution in [0.3, 0.4) is 0 Å². The van der Waals surface area contributed by atoms with E-state index in [0.717, 1.165) is 28.7 Å². The zero-order valence-corrected chi connectivity index (χ0v) is 14.0. The Hall–Kier alpha value is -3.02. The molecule has 3 rings (SSSR count). The lowest BCUT2D eigenvalue weighted by Crippen LogP contribution is -2.04. The lowest BCUT2D eigenvalue weighted by atomic mass is 10.1. The van der Waals surface area contributed by atoms with Gasteiger partial charge in [0.1, 0.15) is 0 Å². The predicted molar refractivity (Wildman–Crippen MR) is 96.1 cm³/mol. The monoisotopic (exact) mass is 324 g/mol. The molecule has 6 heteroatoms. The largest absolute Gasteiger partial charge is 0.493 e. The minimum absolute atomic E-state index is 0.614. The van der Waals surface area contributed by atoms with Gasteiger partial charge in [-0.3, -0.25) is 0 Å². The van der Waals surface area contributed by atoms with Crippen molar-refractivity contribution in [1.82, 2.24) is 9.97 Å². The highest BCUT2D eigenvalue weighted by Crippen LogP contribution is 2.28. The third-order valence-electron chi connectivity index (χ3n) is 3.74. The molecule has 0 unspecified atom stereocenters. The third kappa shape index (κ3) is 3.17. The molecule has 0 saturated heterocycles. The molecule has 6 nitrogen and oxygen atoms in total. The van der Waals surface area contributed by atoms with E-state index in [1.165, 1.54) is 0 Å². The van der Waals surface area contributed by atoms with Crippen LogP contribution in [0.5, 0.6) is 11.5 Å². The molecular weight excluding hydrogens is 304 g/mol. The number of benzene rings is 2. The van der Waals surface area contributed by atoms with E-state index in [-0.39, 0.29) is 0 Å². The van der Waals surface area contributed by atoms with Crippen molar-refractivity contribution in [2.75, 3.05) is 19.6 Å². The van der Waals surface area contributed by atoms with Crippen LogP contribution in [0.15, 0.2) is 47.6 Å². The number of H-pyrrole nitrogens is 1. The van der Waals surface area contributed by atoms with Gasteiger partial charge in [-0.05, 0) is 36.8 Å². The molecule has 0 aliphatic carbocycles. The molecule has 1 heterocycles. The number of methoxy groups -OCH3 is 2. The number of nitrogens with one attached hydrogen (secondary N) is 2. The molecule has 2 N–H and O–H groups in total. The van der Waals surface area contributed by atoms with E-state index >= 15 is 0 Å². The van der Waals surface area contributed by atoms with E-state index in [9.17, 15) is 0 Å². The molecule has 1 aromatic heterocycles. The number of hydrogen-bond donors (Lipinski definition) is 2. The van der Waals surface area contributed by atoms with Crippen molar-refractivity contribution in [3.05, 3.63) is 48.0 Å². The summed E-state index contributed by atoms with van der Waals surface area (Å²) >= 11 is 0. The molecule has 0 aliphatic rings. The molecule has 0 saturated carbocycles. The molecule has 0 fully saturated rings. The number of hydrogen-bond acceptors (Lipinski definition) is 5. The van der Waals surface area contributed by atoms with Gasteiger partial charge in [-0.25, -0.2) is 10.4 Å². The maximum atomic E-state index is 5.36. The zero-order chi connectivity index (χ0) is 16.9. The van der Waals surface area contributed by atoms with Crippen LogP contribution in [0, 0.1) is 0 Å². The Kier molecular flexibility index (Phi) is 4.65. The molecule has 24 heavy (non-hydrogen) atoms. The van der Waals surface area contributed by atoms with Gasteiger partial charge in [0.25, 0.3) is 0 Å². The summed E-state index contributed by atoms with van der Waals surface area (Å²) in [5.74, 6) is 1.99. The maximum absolute atomic E-state index is 5.36. The normalized spacial score (nSPS) is 11.5. The highest BCUT2D eigenvalue weighted by atomic mass is 16.5. The second kappa shape index (κ2) is 7.04. The van der Waals surface area contributed by atoms with E-state index in [1.807, 2.05) is 42.5 Å². The summed E-state index contributed by atoms with van der Waals surface area (Å²) in [5.41, 5.74) is 6.74. The lowest BCUT2D eigenvalue weighted by molar-refractivity contribution is 0.355. The molecule has 0 radical (unpaired) electrons. The Morgan fingerprint density at radius 3 is 2.62 bits per heavy atom. The standard InChI is InChI=1S/C18H20N4O2/c1-4-13(12-9-10-16(23-2)17(11-12)24-3)21-22-18-19-14-7-5-6-8-15(14)20-18/h5-11H,4H2,1-3H3,(H2,19,20,22)/b21-13+. The average molecular weight is 324 g/mol. The minimum atomic E-state index is 0.614. The number of anilines is 1. The summed E-state index contributed by atoms with van der Waals surface area (Å²) in [6, 6.07) is 13.6. The van der Waals surface area contributed by atoms with Crippen LogP contribution < -0.4 is 14.9 Å². The third-order valence-corrected chi connectivity index (χ3v) is 3.74. The van der Waals surface area contributed by atoms with Gasteiger partial charge in [0.05, 0.1) is 31.0 Å². The van der Waals surface area contributed by atoms with E-state index < -0.39 is 0 Å². The molecule has 0 spiro atoms. The average Bonchev–Trinajstić information content (AvgIpc) is 3.04. The van der Waals surface area contributed by atoms with Gasteiger partial charge >= 0.3 is 0 Å². The van der Waals surface area contributed by atoms with Crippen molar-refractivity contribution in [2.24, 2.45) is 5.10 Å². The number of nitrogens with zero attached hydrogens (tertiary/aromatic N) is 2. The fourth-order valence-electron chi connectivity index (χ4n) is 2.49. The van der Waals surface area contributed by atoms with Gasteiger partial charge < -0.3 is 14.5 Å². The Balaban J connectivity index is 1.86. The van der Waals surface area contributed by atoms with Crippen molar-refractivity contribution in [2.45, 2.75) is 13.3 Å². The number of fused-ring (bicyclic) bond motifs is 1. The van der Waals surface area contributed by atoms with Crippen molar-refractivity contribution in [3.63, 3.8) is 0 Å². The summed E-state index contributed by atoms with van der Waals surface area (Å²) in [6.45, 7) is 2.05. The highest BCUT2D eigenvalue weighted by Gasteiger charge is 2.09. The van der Waals surface area contributed by atoms with E-state index in [1.54, 1.807) is 14.2 Å². The Labute approximate surface area is 140 Å². The fourth-order valence-corrected chi connectivity index (χ4v) is 2.49. The number of para-hydroxylation sites is 2. The lowest BCUT2D eigenvalue weighted by Gasteiger charge is -2.10. The van der Waals surface area contributed by atoms with E-state index in [0.29, 0.717) is 17.4 Å². The Morgan fingerprint density at radius 2 is 1.92 bits per heavy atom. The first-order valence-corrected chi connectivity index (χ1v) is 7.75. The summed E-state index contributed by atoms with van der Waals surface area (Å²) in [5, 5.41) is 4.49. The van der Waals surface area contributed by atoms with Gasteiger partial charge in [-0.2, -0.15) is 5.10 Å². The molecule has 3 aromatic rings. The van der Waals surface area contributed by atoms with Crippen LogP contribution >= 0.6 is 0 Å². The van der Waals surface area contributed by atoms with Crippen LogP contribution in [0.25, 0.3) is 11.0 Å². The Bertz CT molecular complexity index is 837. The van der Waals surface area contributed by atoms with Crippen molar-refractivity contribution in [1.29, 1.82) is 0 Å². The highest BCUT2D eigenvalue weighted by molar-refractivity contribution is 6.01. The van der Waals surface area contributed by atoms with Crippen LogP contribution in [0.1, 0.15) is 18.9 Å². The minimum Gasteiger partial charge on any atom is -0.493 e. The molecule has 0 atom stereocenters. The number of hydrazone groups is 1. The van der Waals surface area contributed by atoms with E-state index in [4.69, 9.17) is 9.47 Å². The molecule has 0 aliphatic heterocycles. The number of rotatable bonds is 6. The van der Waals surface area contributed by atoms with Gasteiger partial charge in [-0.1, -0.05) is 19.1 Å². The van der Waals surface area contributed by atoms with Crippen molar-refractivity contribution in [3.8, 4) is 11.5 Å². The summed E-state index contributed by atoms with van der Waals surface area (Å²) in [6.07, 6.45) is 0.767. The van der Waals surface area contributed by atoms with Gasteiger partial charge in [0.15, 0.2) is 11.5 Å². The van der Waals surface area contributed by atoms with Gasteiger partial charge in [0, 0.05) is 5.56 Å². The van der Waals surface area contributed by atoms with Crippen molar-refractivity contribution >= 4 is 22.7 Å². The topological polar surface area (TPSA) is 71.5 Å². The molecular formula is C18H20N4O2. The summed E-state index contributed by atoms with van der Waals surface area (Å²) < 4.78 is 10.6. The molecule has 0 amide bonds. The number of aromatic amines is 1. The fraction of sp³-hybridized carbons (Fsp3) is 0.222. The maximum Gasteiger partial charge on any atom is 0.222 e. The van der Waals surface area contributed by atoms with E-state index in [2.05, 4.69) is 27.4 Å². The number of imidazole rings is 1. The first-order chi connectivity index (χ1) is 11.7. The molecule has 124 valence electrons. The van der Waals surface area contributed by atoms with Crippen LogP contribution in [-0.2, 0) is 0 Å². The second-order valence-electron chi connectivity index (χ2n) is 5.20. The first kappa shape index (κ1) is 15.9. The Morgan fingerprint density at radius 1 is 1.12 bits per heavy atom.